The molecule has 1 aliphatic carbocycles. The summed E-state index contributed by atoms with van der Waals surface area (Å²) in [5.74, 6) is 0.788. The van der Waals surface area contributed by atoms with E-state index in [9.17, 15) is 4.79 Å². The van der Waals surface area contributed by atoms with Crippen LogP contribution in [0.3, 0.4) is 0 Å². The van der Waals surface area contributed by atoms with Gasteiger partial charge in [-0.25, -0.2) is 0 Å². The van der Waals surface area contributed by atoms with Crippen molar-refractivity contribution in [2.24, 2.45) is 11.7 Å². The summed E-state index contributed by atoms with van der Waals surface area (Å²) in [7, 11) is 0. The van der Waals surface area contributed by atoms with Crippen molar-refractivity contribution in [1.29, 1.82) is 0 Å². The van der Waals surface area contributed by atoms with Crippen LogP contribution < -0.4 is 11.1 Å². The van der Waals surface area contributed by atoms with Crippen molar-refractivity contribution in [2.75, 3.05) is 26.2 Å². The lowest BCUT2D eigenvalue weighted by Crippen LogP contribution is -2.44. The molecule has 0 aromatic carbocycles. The minimum atomic E-state index is 0.149. The molecule has 0 saturated heterocycles. The molecule has 3 N–H and O–H groups in total. The summed E-state index contributed by atoms with van der Waals surface area (Å²) in [5, 5.41) is 3.00. The van der Waals surface area contributed by atoms with Gasteiger partial charge < -0.3 is 11.1 Å². The molecule has 4 heteroatoms. The Labute approximate surface area is 111 Å². The van der Waals surface area contributed by atoms with Crippen LogP contribution in [0.25, 0.3) is 0 Å². The first kappa shape index (κ1) is 15.4. The SMILES string of the molecule is CC(C)CCNC(=O)CN(CCN)C1CCCC1. The summed E-state index contributed by atoms with van der Waals surface area (Å²) >= 11 is 0. The second-order valence-electron chi connectivity index (χ2n) is 5.73. The van der Waals surface area contributed by atoms with E-state index in [0.717, 1.165) is 19.5 Å². The smallest absolute Gasteiger partial charge is 0.234 e. The standard InChI is InChI=1S/C14H29N3O/c1-12(2)7-9-16-14(18)11-17(10-8-15)13-5-3-4-6-13/h12-13H,3-11,15H2,1-2H3,(H,16,18). The number of carbonyl (C=O) groups excluding carboxylic acids is 1. The maximum Gasteiger partial charge on any atom is 0.234 e. The van der Waals surface area contributed by atoms with Gasteiger partial charge in [-0.1, -0.05) is 26.7 Å². The van der Waals surface area contributed by atoms with E-state index in [1.54, 1.807) is 0 Å². The minimum absolute atomic E-state index is 0.149. The summed E-state index contributed by atoms with van der Waals surface area (Å²) in [6, 6.07) is 0.574. The van der Waals surface area contributed by atoms with Crippen molar-refractivity contribution < 1.29 is 4.79 Å². The summed E-state index contributed by atoms with van der Waals surface area (Å²) < 4.78 is 0. The van der Waals surface area contributed by atoms with E-state index in [-0.39, 0.29) is 5.91 Å². The molecule has 1 saturated carbocycles. The highest BCUT2D eigenvalue weighted by molar-refractivity contribution is 5.78. The lowest BCUT2D eigenvalue weighted by molar-refractivity contribution is -0.122. The molecule has 106 valence electrons. The highest BCUT2D eigenvalue weighted by atomic mass is 16.2. The third-order valence-electron chi connectivity index (χ3n) is 3.65. The van der Waals surface area contributed by atoms with Gasteiger partial charge in [0.25, 0.3) is 0 Å². The molecule has 1 fully saturated rings. The van der Waals surface area contributed by atoms with Crippen LogP contribution >= 0.6 is 0 Å². The summed E-state index contributed by atoms with van der Waals surface area (Å²) in [6.07, 6.45) is 6.08. The second kappa shape index (κ2) is 8.48. The zero-order valence-corrected chi connectivity index (χ0v) is 12.0. The fourth-order valence-corrected chi connectivity index (χ4v) is 2.57. The van der Waals surface area contributed by atoms with E-state index in [0.29, 0.717) is 25.0 Å². The number of hydrogen-bond donors (Lipinski definition) is 2. The number of hydrogen-bond acceptors (Lipinski definition) is 3. The first-order chi connectivity index (χ1) is 8.63. The van der Waals surface area contributed by atoms with Gasteiger partial charge >= 0.3 is 0 Å². The molecule has 0 radical (unpaired) electrons. The molecule has 0 atom stereocenters. The predicted molar refractivity (Wildman–Crippen MR) is 75.3 cm³/mol. The van der Waals surface area contributed by atoms with E-state index < -0.39 is 0 Å². The zero-order valence-electron chi connectivity index (χ0n) is 12.0. The van der Waals surface area contributed by atoms with Gasteiger partial charge in [-0.15, -0.1) is 0 Å². The molecule has 0 spiro atoms. The Balaban J connectivity index is 2.28. The summed E-state index contributed by atoms with van der Waals surface area (Å²) in [6.45, 7) is 7.12. The van der Waals surface area contributed by atoms with Crippen LogP contribution in [0.5, 0.6) is 0 Å². The maximum atomic E-state index is 11.9. The molecular formula is C14H29N3O. The highest BCUT2D eigenvalue weighted by Crippen LogP contribution is 2.22. The van der Waals surface area contributed by atoms with Crippen LogP contribution in [0.1, 0.15) is 46.0 Å². The fraction of sp³-hybridized carbons (Fsp3) is 0.929. The number of amides is 1. The highest BCUT2D eigenvalue weighted by Gasteiger charge is 2.23. The Morgan fingerprint density at radius 2 is 2.06 bits per heavy atom. The molecule has 1 amide bonds. The first-order valence-corrected chi connectivity index (χ1v) is 7.34. The van der Waals surface area contributed by atoms with Gasteiger partial charge in [-0.05, 0) is 25.2 Å². The molecule has 0 unspecified atom stereocenters. The maximum absolute atomic E-state index is 11.9. The zero-order chi connectivity index (χ0) is 13.4. The van der Waals surface area contributed by atoms with Gasteiger partial charge in [0.15, 0.2) is 0 Å². The van der Waals surface area contributed by atoms with Crippen molar-refractivity contribution in [3.8, 4) is 0 Å². The Morgan fingerprint density at radius 3 is 2.61 bits per heavy atom. The van der Waals surface area contributed by atoms with Crippen molar-refractivity contribution in [3.05, 3.63) is 0 Å². The third kappa shape index (κ3) is 5.83. The van der Waals surface area contributed by atoms with Crippen molar-refractivity contribution in [1.82, 2.24) is 10.2 Å². The van der Waals surface area contributed by atoms with Crippen molar-refractivity contribution >= 4 is 5.91 Å². The number of nitrogens with two attached hydrogens (primary N) is 1. The van der Waals surface area contributed by atoms with Gasteiger partial charge in [-0.3, -0.25) is 9.69 Å². The van der Waals surface area contributed by atoms with Crippen LogP contribution in [-0.2, 0) is 4.79 Å². The molecule has 0 aliphatic heterocycles. The van der Waals surface area contributed by atoms with Crippen LogP contribution in [-0.4, -0.2) is 43.0 Å². The van der Waals surface area contributed by atoms with Gasteiger partial charge in [0.1, 0.15) is 0 Å². The topological polar surface area (TPSA) is 58.4 Å². The Bertz CT molecular complexity index is 237. The quantitative estimate of drug-likeness (QED) is 0.688. The van der Waals surface area contributed by atoms with Crippen molar-refractivity contribution in [2.45, 2.75) is 52.0 Å². The van der Waals surface area contributed by atoms with Gasteiger partial charge in [0.05, 0.1) is 6.54 Å². The monoisotopic (exact) mass is 255 g/mol. The lowest BCUT2D eigenvalue weighted by atomic mass is 10.1. The number of rotatable bonds is 8. The van der Waals surface area contributed by atoms with Crippen LogP contribution in [0.15, 0.2) is 0 Å². The van der Waals surface area contributed by atoms with E-state index in [1.165, 1.54) is 25.7 Å². The molecule has 0 bridgehead atoms. The largest absolute Gasteiger partial charge is 0.355 e. The van der Waals surface area contributed by atoms with E-state index in [2.05, 4.69) is 24.1 Å². The molecule has 0 heterocycles. The third-order valence-corrected chi connectivity index (χ3v) is 3.65. The molecule has 0 aromatic heterocycles. The molecule has 1 aliphatic rings. The fourth-order valence-electron chi connectivity index (χ4n) is 2.57. The molecular weight excluding hydrogens is 226 g/mol. The van der Waals surface area contributed by atoms with Gasteiger partial charge in [0, 0.05) is 25.7 Å². The Kier molecular flexibility index (Phi) is 7.28. The van der Waals surface area contributed by atoms with E-state index >= 15 is 0 Å². The summed E-state index contributed by atoms with van der Waals surface area (Å²) in [4.78, 5) is 14.1. The van der Waals surface area contributed by atoms with Gasteiger partial charge in [0.2, 0.25) is 5.91 Å². The lowest BCUT2D eigenvalue weighted by Gasteiger charge is -2.27. The molecule has 0 aromatic rings. The van der Waals surface area contributed by atoms with E-state index in [1.807, 2.05) is 0 Å². The van der Waals surface area contributed by atoms with Crippen LogP contribution in [0, 0.1) is 5.92 Å². The average Bonchev–Trinajstić information content (AvgIpc) is 2.81. The number of carbonyl (C=O) groups is 1. The van der Waals surface area contributed by atoms with Crippen molar-refractivity contribution in [3.63, 3.8) is 0 Å². The average molecular weight is 255 g/mol. The molecule has 1 rings (SSSR count). The summed E-state index contributed by atoms with van der Waals surface area (Å²) in [5.41, 5.74) is 5.64. The van der Waals surface area contributed by atoms with Gasteiger partial charge in [-0.2, -0.15) is 0 Å². The Hall–Kier alpha value is -0.610. The van der Waals surface area contributed by atoms with E-state index in [4.69, 9.17) is 5.73 Å². The normalized spacial score (nSPS) is 16.7. The Morgan fingerprint density at radius 1 is 1.39 bits per heavy atom. The second-order valence-corrected chi connectivity index (χ2v) is 5.73. The minimum Gasteiger partial charge on any atom is -0.355 e. The predicted octanol–water partition coefficient (Wildman–Crippen LogP) is 1.35. The number of nitrogens with one attached hydrogen (secondary N) is 1. The molecule has 4 nitrogen and oxygen atoms in total. The van der Waals surface area contributed by atoms with Crippen LogP contribution in [0.2, 0.25) is 0 Å². The molecule has 18 heavy (non-hydrogen) atoms. The van der Waals surface area contributed by atoms with Crippen LogP contribution in [0.4, 0.5) is 0 Å². The number of nitrogens with zero attached hydrogens (tertiary/aromatic N) is 1. The first-order valence-electron chi connectivity index (χ1n) is 7.34.